The van der Waals surface area contributed by atoms with Crippen molar-refractivity contribution in [3.63, 3.8) is 0 Å². The zero-order valence-corrected chi connectivity index (χ0v) is 15.8. The average Bonchev–Trinajstić information content (AvgIpc) is 3.00. The van der Waals surface area contributed by atoms with E-state index in [2.05, 4.69) is 35.6 Å². The van der Waals surface area contributed by atoms with Crippen molar-refractivity contribution in [1.29, 1.82) is 0 Å². The molecule has 24 heavy (non-hydrogen) atoms. The van der Waals surface area contributed by atoms with Crippen molar-refractivity contribution >= 4 is 27.4 Å². The normalized spacial score (nSPS) is 22.0. The van der Waals surface area contributed by atoms with E-state index < -0.39 is 0 Å². The fourth-order valence-electron chi connectivity index (χ4n) is 4.06. The van der Waals surface area contributed by atoms with Crippen LogP contribution in [0, 0.1) is 11.3 Å². The molecule has 1 fully saturated rings. The van der Waals surface area contributed by atoms with E-state index in [4.69, 9.17) is 4.74 Å². The summed E-state index contributed by atoms with van der Waals surface area (Å²) in [6.45, 7) is 10.6. The van der Waals surface area contributed by atoms with Crippen molar-refractivity contribution in [1.82, 2.24) is 9.97 Å². The molecular weight excluding hydrogens is 318 g/mol. The maximum atomic E-state index is 5.52. The first kappa shape index (κ1) is 16.3. The van der Waals surface area contributed by atoms with Crippen LogP contribution in [0.1, 0.15) is 44.1 Å². The van der Waals surface area contributed by atoms with Crippen LogP contribution in [0.25, 0.3) is 10.2 Å². The third-order valence-corrected chi connectivity index (χ3v) is 7.35. The highest BCUT2D eigenvalue weighted by Gasteiger charge is 2.34. The Morgan fingerprint density at radius 3 is 2.83 bits per heavy atom. The number of hydrogen-bond donors (Lipinski definition) is 0. The summed E-state index contributed by atoms with van der Waals surface area (Å²) >= 11 is 1.89. The topological polar surface area (TPSA) is 38.2 Å². The van der Waals surface area contributed by atoms with Gasteiger partial charge in [-0.2, -0.15) is 0 Å². The van der Waals surface area contributed by atoms with E-state index in [9.17, 15) is 0 Å². The van der Waals surface area contributed by atoms with Gasteiger partial charge in [0.2, 0.25) is 0 Å². The zero-order chi connectivity index (χ0) is 16.7. The van der Waals surface area contributed by atoms with Crippen molar-refractivity contribution in [2.45, 2.75) is 46.5 Å². The molecule has 0 aromatic carbocycles. The Hall–Kier alpha value is -1.20. The zero-order valence-electron chi connectivity index (χ0n) is 15.0. The second-order valence-electron chi connectivity index (χ2n) is 7.76. The molecule has 1 aliphatic heterocycles. The first-order valence-electron chi connectivity index (χ1n) is 9.18. The number of aryl methyl sites for hydroxylation is 1. The highest BCUT2D eigenvalue weighted by molar-refractivity contribution is 7.19. The van der Waals surface area contributed by atoms with Gasteiger partial charge < -0.3 is 9.64 Å². The quantitative estimate of drug-likeness (QED) is 0.840. The van der Waals surface area contributed by atoms with Crippen molar-refractivity contribution in [3.05, 3.63) is 16.8 Å². The smallest absolute Gasteiger partial charge is 0.141 e. The summed E-state index contributed by atoms with van der Waals surface area (Å²) in [5.74, 6) is 1.89. The highest BCUT2D eigenvalue weighted by atomic mass is 32.1. The number of fused-ring (bicyclic) bond motifs is 3. The highest BCUT2D eigenvalue weighted by Crippen LogP contribution is 2.45. The number of nitrogens with zero attached hydrogens (tertiary/aromatic N) is 3. The van der Waals surface area contributed by atoms with Gasteiger partial charge in [0.15, 0.2) is 0 Å². The summed E-state index contributed by atoms with van der Waals surface area (Å²) in [6.07, 6.45) is 6.67. The first-order chi connectivity index (χ1) is 11.6. The Balaban J connectivity index is 1.77. The molecule has 0 N–H and O–H groups in total. The van der Waals surface area contributed by atoms with Gasteiger partial charge in [0.05, 0.1) is 18.6 Å². The lowest BCUT2D eigenvalue weighted by Crippen LogP contribution is -2.37. The summed E-state index contributed by atoms with van der Waals surface area (Å²) in [5.41, 5.74) is 1.94. The molecular formula is C19H27N3OS. The van der Waals surface area contributed by atoms with E-state index in [1.165, 1.54) is 41.5 Å². The van der Waals surface area contributed by atoms with E-state index in [0.717, 1.165) is 38.0 Å². The van der Waals surface area contributed by atoms with E-state index in [1.54, 1.807) is 11.2 Å². The molecule has 130 valence electrons. The second kappa shape index (κ2) is 6.26. The molecule has 4 rings (SSSR count). The molecule has 0 saturated carbocycles. The molecule has 2 aromatic rings. The van der Waals surface area contributed by atoms with Crippen LogP contribution in [0.3, 0.4) is 0 Å². The van der Waals surface area contributed by atoms with Gasteiger partial charge in [0.25, 0.3) is 0 Å². The number of anilines is 1. The van der Waals surface area contributed by atoms with Crippen LogP contribution in [0.15, 0.2) is 6.33 Å². The molecule has 1 unspecified atom stereocenters. The third kappa shape index (κ3) is 2.72. The monoisotopic (exact) mass is 345 g/mol. The fourth-order valence-corrected chi connectivity index (χ4v) is 5.24. The van der Waals surface area contributed by atoms with Crippen molar-refractivity contribution in [2.75, 3.05) is 31.2 Å². The summed E-state index contributed by atoms with van der Waals surface area (Å²) in [6, 6.07) is 0. The number of morpholine rings is 1. The summed E-state index contributed by atoms with van der Waals surface area (Å²) in [4.78, 5) is 14.4. The van der Waals surface area contributed by atoms with Gasteiger partial charge in [0.1, 0.15) is 17.0 Å². The standard InChI is InChI=1S/C19H27N3OS/c1-4-19(2,3)13-5-6-15-14(11-13)16-17(20-12-21-18(16)24-15)22-7-9-23-10-8-22/h12-13H,4-11H2,1-3H3. The lowest BCUT2D eigenvalue weighted by Gasteiger charge is -2.36. The SMILES string of the molecule is CCC(C)(C)C1CCc2sc3ncnc(N4CCOCC4)c3c2C1. The lowest BCUT2D eigenvalue weighted by atomic mass is 9.69. The Morgan fingerprint density at radius 1 is 1.29 bits per heavy atom. The van der Waals surface area contributed by atoms with E-state index in [1.807, 2.05) is 11.3 Å². The van der Waals surface area contributed by atoms with Crippen LogP contribution in [0.2, 0.25) is 0 Å². The average molecular weight is 346 g/mol. The van der Waals surface area contributed by atoms with Crippen LogP contribution in [0.4, 0.5) is 5.82 Å². The summed E-state index contributed by atoms with van der Waals surface area (Å²) in [5, 5.41) is 1.33. The predicted octanol–water partition coefficient (Wildman–Crippen LogP) is 4.07. The third-order valence-electron chi connectivity index (χ3n) is 6.15. The van der Waals surface area contributed by atoms with Crippen molar-refractivity contribution < 1.29 is 4.74 Å². The molecule has 1 saturated heterocycles. The summed E-state index contributed by atoms with van der Waals surface area (Å²) in [7, 11) is 0. The number of hydrogen-bond acceptors (Lipinski definition) is 5. The molecule has 0 radical (unpaired) electrons. The van der Waals surface area contributed by atoms with Crippen LogP contribution < -0.4 is 4.90 Å². The van der Waals surface area contributed by atoms with Gasteiger partial charge in [-0.25, -0.2) is 9.97 Å². The van der Waals surface area contributed by atoms with Gasteiger partial charge in [-0.05, 0) is 36.2 Å². The minimum absolute atomic E-state index is 0.403. The van der Waals surface area contributed by atoms with Crippen LogP contribution in [-0.2, 0) is 17.6 Å². The maximum absolute atomic E-state index is 5.52. The maximum Gasteiger partial charge on any atom is 0.141 e. The van der Waals surface area contributed by atoms with Gasteiger partial charge in [0, 0.05) is 18.0 Å². The number of thiophene rings is 1. The molecule has 4 nitrogen and oxygen atoms in total. The molecule has 2 aromatic heterocycles. The van der Waals surface area contributed by atoms with Crippen LogP contribution in [0.5, 0.6) is 0 Å². The van der Waals surface area contributed by atoms with Gasteiger partial charge in [-0.15, -0.1) is 11.3 Å². The lowest BCUT2D eigenvalue weighted by molar-refractivity contribution is 0.122. The Morgan fingerprint density at radius 2 is 2.08 bits per heavy atom. The molecule has 3 heterocycles. The molecule has 0 amide bonds. The molecule has 1 aliphatic carbocycles. The molecule has 0 bridgehead atoms. The molecule has 5 heteroatoms. The fraction of sp³-hybridized carbons (Fsp3) is 0.684. The molecule has 1 atom stereocenters. The van der Waals surface area contributed by atoms with E-state index in [0.29, 0.717) is 5.41 Å². The minimum atomic E-state index is 0.403. The van der Waals surface area contributed by atoms with E-state index in [-0.39, 0.29) is 0 Å². The number of ether oxygens (including phenoxy) is 1. The largest absolute Gasteiger partial charge is 0.378 e. The summed E-state index contributed by atoms with van der Waals surface area (Å²) < 4.78 is 5.52. The second-order valence-corrected chi connectivity index (χ2v) is 8.85. The first-order valence-corrected chi connectivity index (χ1v) is 9.99. The number of aromatic nitrogens is 2. The van der Waals surface area contributed by atoms with Crippen LogP contribution >= 0.6 is 11.3 Å². The Labute approximate surface area is 148 Å². The van der Waals surface area contributed by atoms with Gasteiger partial charge in [-0.1, -0.05) is 27.2 Å². The minimum Gasteiger partial charge on any atom is -0.378 e. The number of rotatable bonds is 3. The van der Waals surface area contributed by atoms with Crippen LogP contribution in [-0.4, -0.2) is 36.3 Å². The predicted molar refractivity (Wildman–Crippen MR) is 100 cm³/mol. The Kier molecular flexibility index (Phi) is 4.25. The Bertz CT molecular complexity index is 734. The van der Waals surface area contributed by atoms with Gasteiger partial charge >= 0.3 is 0 Å². The molecule has 2 aliphatic rings. The van der Waals surface area contributed by atoms with Gasteiger partial charge in [-0.3, -0.25) is 0 Å². The molecule has 0 spiro atoms. The van der Waals surface area contributed by atoms with Crippen molar-refractivity contribution in [2.24, 2.45) is 11.3 Å². The van der Waals surface area contributed by atoms with E-state index >= 15 is 0 Å². The van der Waals surface area contributed by atoms with Crippen molar-refractivity contribution in [3.8, 4) is 0 Å².